The van der Waals surface area contributed by atoms with Crippen molar-refractivity contribution in [3.05, 3.63) is 65.2 Å². The number of para-hydroxylation sites is 1. The topological polar surface area (TPSA) is 49.7 Å². The van der Waals surface area contributed by atoms with E-state index in [4.69, 9.17) is 4.99 Å². The number of aromatic carboxylic acids is 1. The first kappa shape index (κ1) is 16.9. The van der Waals surface area contributed by atoms with E-state index in [0.717, 1.165) is 48.2 Å². The number of hydrogen-bond donors (Lipinski definition) is 1. The first-order valence-corrected chi connectivity index (χ1v) is 8.14. The number of benzene rings is 2. The molecule has 23 heavy (non-hydrogen) atoms. The molecule has 0 radical (unpaired) electrons. The van der Waals surface area contributed by atoms with Crippen LogP contribution in [0.5, 0.6) is 0 Å². The third-order valence-corrected chi connectivity index (χ3v) is 3.67. The number of hydrogen-bond acceptors (Lipinski definition) is 2. The molecule has 1 N–H and O–H groups in total. The molecule has 3 heteroatoms. The van der Waals surface area contributed by atoms with Gasteiger partial charge in [-0.15, -0.1) is 0 Å². The summed E-state index contributed by atoms with van der Waals surface area (Å²) in [6.07, 6.45) is 3.65. The van der Waals surface area contributed by atoms with Gasteiger partial charge in [0.15, 0.2) is 0 Å². The molecule has 0 unspecified atom stereocenters. The highest BCUT2D eigenvalue weighted by Gasteiger charge is 2.15. The summed E-state index contributed by atoms with van der Waals surface area (Å²) < 4.78 is 0. The minimum atomic E-state index is -0.903. The minimum absolute atomic E-state index is 0.327. The highest BCUT2D eigenvalue weighted by Crippen LogP contribution is 2.21. The number of nitrogens with zero attached hydrogens (tertiary/aromatic N) is 1. The quantitative estimate of drug-likeness (QED) is 0.709. The van der Waals surface area contributed by atoms with E-state index in [-0.39, 0.29) is 0 Å². The van der Waals surface area contributed by atoms with E-state index >= 15 is 0 Å². The Hall–Kier alpha value is -2.42. The predicted octanol–water partition coefficient (Wildman–Crippen LogP) is 5.26. The molecule has 0 aliphatic heterocycles. The highest BCUT2D eigenvalue weighted by atomic mass is 16.4. The Morgan fingerprint density at radius 1 is 1.00 bits per heavy atom. The van der Waals surface area contributed by atoms with Crippen molar-refractivity contribution in [2.45, 2.75) is 39.5 Å². The number of carboxylic acid groups (broad SMARTS) is 1. The van der Waals surface area contributed by atoms with Crippen LogP contribution in [0.2, 0.25) is 0 Å². The van der Waals surface area contributed by atoms with Crippen molar-refractivity contribution in [1.82, 2.24) is 0 Å². The Kier molecular flexibility index (Phi) is 6.10. The van der Waals surface area contributed by atoms with Gasteiger partial charge in [0.25, 0.3) is 0 Å². The van der Waals surface area contributed by atoms with Gasteiger partial charge in [-0.05, 0) is 42.7 Å². The molecule has 0 spiro atoms. The molecule has 0 aromatic heterocycles. The van der Waals surface area contributed by atoms with Crippen LogP contribution in [0.4, 0.5) is 5.69 Å². The van der Waals surface area contributed by atoms with Crippen LogP contribution in [0.25, 0.3) is 0 Å². The minimum Gasteiger partial charge on any atom is -0.478 e. The van der Waals surface area contributed by atoms with Crippen molar-refractivity contribution in [2.24, 2.45) is 4.99 Å². The summed E-state index contributed by atoms with van der Waals surface area (Å²) in [5, 5.41) is 9.51. The van der Waals surface area contributed by atoms with Crippen LogP contribution in [0.15, 0.2) is 53.5 Å². The number of carbonyl (C=O) groups is 1. The molecule has 2 rings (SSSR count). The summed E-state index contributed by atoms with van der Waals surface area (Å²) in [4.78, 5) is 16.3. The summed E-state index contributed by atoms with van der Waals surface area (Å²) in [7, 11) is 0. The fraction of sp³-hybridized carbons (Fsp3) is 0.300. The van der Waals surface area contributed by atoms with E-state index in [0.29, 0.717) is 5.56 Å². The molecule has 0 saturated carbocycles. The van der Waals surface area contributed by atoms with E-state index in [1.54, 1.807) is 6.07 Å². The number of carboxylic acids is 1. The van der Waals surface area contributed by atoms with Crippen LogP contribution in [-0.4, -0.2) is 16.8 Å². The van der Waals surface area contributed by atoms with Crippen LogP contribution in [0.3, 0.4) is 0 Å². The number of aliphatic imine (C=N–C) groups is 1. The molecule has 2 aromatic rings. The molecule has 0 saturated heterocycles. The first-order valence-electron chi connectivity index (χ1n) is 8.14. The summed E-state index contributed by atoms with van der Waals surface area (Å²) in [5.41, 5.74) is 3.92. The Morgan fingerprint density at radius 3 is 2.35 bits per heavy atom. The van der Waals surface area contributed by atoms with Gasteiger partial charge in [-0.25, -0.2) is 4.79 Å². The van der Waals surface area contributed by atoms with Gasteiger partial charge < -0.3 is 5.11 Å². The molecule has 0 heterocycles. The highest BCUT2D eigenvalue weighted by molar-refractivity contribution is 6.09. The average Bonchev–Trinajstić information content (AvgIpc) is 2.55. The smallest absolute Gasteiger partial charge is 0.336 e. The van der Waals surface area contributed by atoms with Crippen LogP contribution >= 0.6 is 0 Å². The zero-order valence-corrected chi connectivity index (χ0v) is 13.7. The van der Waals surface area contributed by atoms with E-state index in [9.17, 15) is 9.90 Å². The zero-order chi connectivity index (χ0) is 16.7. The maximum Gasteiger partial charge on any atom is 0.336 e. The van der Waals surface area contributed by atoms with Gasteiger partial charge in [0.2, 0.25) is 0 Å². The van der Waals surface area contributed by atoms with Crippen molar-refractivity contribution in [2.75, 3.05) is 0 Å². The number of aryl methyl sites for hydroxylation is 1. The number of rotatable bonds is 7. The van der Waals surface area contributed by atoms with E-state index in [2.05, 4.69) is 13.8 Å². The van der Waals surface area contributed by atoms with Crippen molar-refractivity contribution in [3.8, 4) is 0 Å². The van der Waals surface area contributed by atoms with Crippen molar-refractivity contribution >= 4 is 17.4 Å². The molecular weight excluding hydrogens is 286 g/mol. The summed E-state index contributed by atoms with van der Waals surface area (Å²) in [5.74, 6) is -0.903. The maximum atomic E-state index is 11.6. The van der Waals surface area contributed by atoms with Crippen molar-refractivity contribution in [1.29, 1.82) is 0 Å². The normalized spacial score (nSPS) is 11.5. The largest absolute Gasteiger partial charge is 0.478 e. The third kappa shape index (κ3) is 4.52. The lowest BCUT2D eigenvalue weighted by atomic mass is 9.96. The first-order chi connectivity index (χ1) is 11.2. The third-order valence-electron chi connectivity index (χ3n) is 3.67. The molecule has 0 aliphatic carbocycles. The van der Waals surface area contributed by atoms with Crippen LogP contribution in [0, 0.1) is 0 Å². The SMILES string of the molecule is CCCC(=Nc1ccccc1)c1cc(CCC)ccc1C(=O)O. The molecule has 0 atom stereocenters. The lowest BCUT2D eigenvalue weighted by molar-refractivity contribution is 0.0696. The Balaban J connectivity index is 2.54. The Bertz CT molecular complexity index is 690. The molecule has 0 aliphatic rings. The van der Waals surface area contributed by atoms with Crippen LogP contribution in [-0.2, 0) is 6.42 Å². The molecule has 3 nitrogen and oxygen atoms in total. The van der Waals surface area contributed by atoms with Gasteiger partial charge in [-0.1, -0.05) is 51.0 Å². The van der Waals surface area contributed by atoms with Gasteiger partial charge in [-0.2, -0.15) is 0 Å². The Morgan fingerprint density at radius 2 is 1.74 bits per heavy atom. The van der Waals surface area contributed by atoms with Gasteiger partial charge >= 0.3 is 5.97 Å². The fourth-order valence-electron chi connectivity index (χ4n) is 2.61. The van der Waals surface area contributed by atoms with E-state index < -0.39 is 5.97 Å². The van der Waals surface area contributed by atoms with Crippen molar-refractivity contribution in [3.63, 3.8) is 0 Å². The van der Waals surface area contributed by atoms with Crippen LogP contribution in [0.1, 0.15) is 54.6 Å². The van der Waals surface area contributed by atoms with E-state index in [1.807, 2.05) is 42.5 Å². The molecule has 0 fully saturated rings. The fourth-order valence-corrected chi connectivity index (χ4v) is 2.61. The standard InChI is InChI=1S/C20H23NO2/c1-3-8-15-12-13-17(20(22)23)18(14-15)19(9-4-2)21-16-10-6-5-7-11-16/h5-7,10-14H,3-4,8-9H2,1-2H3,(H,22,23). The molecule has 0 bridgehead atoms. The lowest BCUT2D eigenvalue weighted by Crippen LogP contribution is -2.10. The Labute approximate surface area is 137 Å². The predicted molar refractivity (Wildman–Crippen MR) is 94.9 cm³/mol. The second kappa shape index (κ2) is 8.28. The van der Waals surface area contributed by atoms with Crippen LogP contribution < -0.4 is 0 Å². The van der Waals surface area contributed by atoms with Gasteiger partial charge in [0, 0.05) is 11.3 Å². The monoisotopic (exact) mass is 309 g/mol. The average molecular weight is 309 g/mol. The molecule has 2 aromatic carbocycles. The summed E-state index contributed by atoms with van der Waals surface area (Å²) in [6, 6.07) is 15.3. The maximum absolute atomic E-state index is 11.6. The molecule has 120 valence electrons. The second-order valence-corrected chi connectivity index (χ2v) is 5.58. The van der Waals surface area contributed by atoms with E-state index in [1.165, 1.54) is 0 Å². The molecular formula is C20H23NO2. The van der Waals surface area contributed by atoms with Gasteiger partial charge in [0.1, 0.15) is 0 Å². The van der Waals surface area contributed by atoms with Gasteiger partial charge in [0.05, 0.1) is 11.3 Å². The summed E-state index contributed by atoms with van der Waals surface area (Å²) >= 11 is 0. The van der Waals surface area contributed by atoms with Gasteiger partial charge in [-0.3, -0.25) is 4.99 Å². The lowest BCUT2D eigenvalue weighted by Gasteiger charge is -2.12. The second-order valence-electron chi connectivity index (χ2n) is 5.58. The summed E-state index contributed by atoms with van der Waals surface area (Å²) in [6.45, 7) is 4.20. The molecule has 0 amide bonds. The zero-order valence-electron chi connectivity index (χ0n) is 13.7. The van der Waals surface area contributed by atoms with Crippen molar-refractivity contribution < 1.29 is 9.90 Å².